The van der Waals surface area contributed by atoms with Gasteiger partial charge in [0.25, 0.3) is 5.91 Å². The number of nitrogens with zero attached hydrogens (tertiary/aromatic N) is 3. The van der Waals surface area contributed by atoms with E-state index >= 15 is 0 Å². The molecule has 2 heterocycles. The third-order valence-electron chi connectivity index (χ3n) is 3.78. The molecule has 0 aliphatic rings. The van der Waals surface area contributed by atoms with Gasteiger partial charge in [-0.2, -0.15) is 18.2 Å². The molecule has 0 aromatic carbocycles. The highest BCUT2D eigenvalue weighted by atomic mass is 19.4. The van der Waals surface area contributed by atoms with Crippen molar-refractivity contribution in [2.24, 2.45) is 5.92 Å². The lowest BCUT2D eigenvalue weighted by Crippen LogP contribution is -2.26. The molecule has 12 heteroatoms. The van der Waals surface area contributed by atoms with Crippen LogP contribution in [0, 0.1) is 12.8 Å². The molecule has 31 heavy (non-hydrogen) atoms. The van der Waals surface area contributed by atoms with Crippen LogP contribution in [-0.2, 0) is 11.3 Å². The molecule has 2 aromatic rings. The fourth-order valence-electron chi connectivity index (χ4n) is 2.26. The van der Waals surface area contributed by atoms with Gasteiger partial charge in [-0.05, 0) is 19.1 Å². The van der Waals surface area contributed by atoms with E-state index in [0.717, 1.165) is 0 Å². The summed E-state index contributed by atoms with van der Waals surface area (Å²) in [6.45, 7) is 3.54. The van der Waals surface area contributed by atoms with Crippen LogP contribution in [0.1, 0.15) is 35.6 Å². The molecule has 0 saturated heterocycles. The van der Waals surface area contributed by atoms with Gasteiger partial charge in [-0.1, -0.05) is 13.8 Å². The molecule has 0 radical (unpaired) electrons. The van der Waals surface area contributed by atoms with E-state index in [9.17, 15) is 22.8 Å². The van der Waals surface area contributed by atoms with Gasteiger partial charge in [0, 0.05) is 29.8 Å². The van der Waals surface area contributed by atoms with Gasteiger partial charge in [-0.15, -0.1) is 0 Å². The van der Waals surface area contributed by atoms with Crippen LogP contribution in [0.15, 0.2) is 18.2 Å². The Bertz CT molecular complexity index is 951. The van der Waals surface area contributed by atoms with Crippen LogP contribution in [0.4, 0.5) is 19.1 Å². The van der Waals surface area contributed by atoms with Gasteiger partial charge in [0.2, 0.25) is 23.6 Å². The second-order valence-electron chi connectivity index (χ2n) is 6.77. The van der Waals surface area contributed by atoms with Crippen LogP contribution in [0.5, 0.6) is 11.8 Å². The Hall–Kier alpha value is -3.44. The maximum absolute atomic E-state index is 12.5. The van der Waals surface area contributed by atoms with Gasteiger partial charge in [0.1, 0.15) is 5.69 Å². The number of ether oxygens (including phenoxy) is 2. The van der Waals surface area contributed by atoms with Crippen LogP contribution in [0.3, 0.4) is 0 Å². The number of hydrogen-bond donors (Lipinski definition) is 2. The number of aryl methyl sites for hydroxylation is 1. The molecule has 0 fully saturated rings. The Balaban J connectivity index is 2.08. The van der Waals surface area contributed by atoms with Crippen LogP contribution in [0.2, 0.25) is 0 Å². The van der Waals surface area contributed by atoms with E-state index in [4.69, 9.17) is 4.74 Å². The quantitative estimate of drug-likeness (QED) is 0.647. The first-order chi connectivity index (χ1) is 14.5. The van der Waals surface area contributed by atoms with Crippen LogP contribution in [0.25, 0.3) is 0 Å². The summed E-state index contributed by atoms with van der Waals surface area (Å²) in [5.41, 5.74) is 0.919. The average Bonchev–Trinajstić information content (AvgIpc) is 2.69. The largest absolute Gasteiger partial charge is 0.481 e. The highest BCUT2D eigenvalue weighted by Crippen LogP contribution is 2.22. The molecule has 0 unspecified atom stereocenters. The predicted molar refractivity (Wildman–Crippen MR) is 104 cm³/mol. The molecule has 2 rings (SSSR count). The van der Waals surface area contributed by atoms with Crippen molar-refractivity contribution in [1.82, 2.24) is 20.3 Å². The molecule has 0 aliphatic carbocycles. The molecule has 0 aliphatic heterocycles. The zero-order valence-corrected chi connectivity index (χ0v) is 17.3. The summed E-state index contributed by atoms with van der Waals surface area (Å²) >= 11 is 0. The topological polar surface area (TPSA) is 115 Å². The Kier molecular flexibility index (Phi) is 7.72. The van der Waals surface area contributed by atoms with Gasteiger partial charge >= 0.3 is 6.18 Å². The molecule has 0 spiro atoms. The minimum Gasteiger partial charge on any atom is -0.481 e. The third-order valence-corrected chi connectivity index (χ3v) is 3.78. The molecular weight excluding hydrogens is 419 g/mol. The highest BCUT2D eigenvalue weighted by Gasteiger charge is 2.28. The van der Waals surface area contributed by atoms with Crippen molar-refractivity contribution < 1.29 is 32.2 Å². The summed E-state index contributed by atoms with van der Waals surface area (Å²) in [5.74, 6) is -1.38. The van der Waals surface area contributed by atoms with E-state index in [2.05, 4.69) is 30.3 Å². The number of halogens is 3. The van der Waals surface area contributed by atoms with Crippen molar-refractivity contribution >= 4 is 17.8 Å². The molecule has 2 N–H and O–H groups in total. The van der Waals surface area contributed by atoms with E-state index in [1.54, 1.807) is 20.8 Å². The number of amides is 2. The Morgan fingerprint density at radius 3 is 2.48 bits per heavy atom. The average molecular weight is 441 g/mol. The van der Waals surface area contributed by atoms with Crippen LogP contribution in [-0.4, -0.2) is 46.7 Å². The Labute approximate surface area is 176 Å². The van der Waals surface area contributed by atoms with Gasteiger partial charge < -0.3 is 14.8 Å². The molecule has 2 amide bonds. The fourth-order valence-corrected chi connectivity index (χ4v) is 2.26. The first-order valence-electron chi connectivity index (χ1n) is 9.16. The van der Waals surface area contributed by atoms with Gasteiger partial charge in [-0.25, -0.2) is 9.97 Å². The summed E-state index contributed by atoms with van der Waals surface area (Å²) in [6.07, 6.45) is -4.50. The number of pyridine rings is 1. The molecule has 0 atom stereocenters. The number of nitrogens with one attached hydrogen (secondary N) is 2. The molecular formula is C19H22F3N5O4. The summed E-state index contributed by atoms with van der Waals surface area (Å²) in [6, 6.07) is 4.12. The molecule has 0 saturated carbocycles. The maximum atomic E-state index is 12.5. The van der Waals surface area contributed by atoms with Gasteiger partial charge in [0.15, 0.2) is 6.61 Å². The number of carbonyl (C=O) groups is 2. The number of methoxy groups -OCH3 is 1. The van der Waals surface area contributed by atoms with E-state index in [-0.39, 0.29) is 41.8 Å². The van der Waals surface area contributed by atoms with Crippen LogP contribution >= 0.6 is 0 Å². The molecule has 168 valence electrons. The normalized spacial score (nSPS) is 11.2. The summed E-state index contributed by atoms with van der Waals surface area (Å²) in [7, 11) is 1.29. The highest BCUT2D eigenvalue weighted by molar-refractivity contribution is 5.94. The minimum atomic E-state index is -4.50. The molecule has 9 nitrogen and oxygen atoms in total. The van der Waals surface area contributed by atoms with E-state index < -0.39 is 18.7 Å². The van der Waals surface area contributed by atoms with Crippen molar-refractivity contribution in [3.63, 3.8) is 0 Å². The zero-order chi connectivity index (χ0) is 23.2. The lowest BCUT2D eigenvalue weighted by Gasteiger charge is -2.13. The second kappa shape index (κ2) is 10.0. The lowest BCUT2D eigenvalue weighted by atomic mass is 10.2. The number of alkyl halides is 3. The standard InChI is InChI=1S/C19H22F3N5O4/c1-10(2)15(28)27-18-24-11(3)7-13(25-18)16(29)23-8-12-5-6-14(26-17(12)30-4)31-9-19(20,21)22/h5-7,10H,8-9H2,1-4H3,(H,23,29)(H,24,25,27,28). The summed E-state index contributed by atoms with van der Waals surface area (Å²) in [5, 5.41) is 5.15. The van der Waals surface area contributed by atoms with Crippen molar-refractivity contribution in [1.29, 1.82) is 0 Å². The van der Waals surface area contributed by atoms with Gasteiger partial charge in [0.05, 0.1) is 7.11 Å². The van der Waals surface area contributed by atoms with Crippen molar-refractivity contribution in [3.8, 4) is 11.8 Å². The SMILES string of the molecule is COc1nc(OCC(F)(F)F)ccc1CNC(=O)c1cc(C)nc(NC(=O)C(C)C)n1. The van der Waals surface area contributed by atoms with Gasteiger partial charge in [-0.3, -0.25) is 14.9 Å². The van der Waals surface area contributed by atoms with Crippen molar-refractivity contribution in [3.05, 3.63) is 35.2 Å². The summed E-state index contributed by atoms with van der Waals surface area (Å²) < 4.78 is 46.5. The molecule has 0 bridgehead atoms. The monoisotopic (exact) mass is 441 g/mol. The summed E-state index contributed by atoms with van der Waals surface area (Å²) in [4.78, 5) is 36.3. The minimum absolute atomic E-state index is 0.00345. The first-order valence-corrected chi connectivity index (χ1v) is 9.16. The lowest BCUT2D eigenvalue weighted by molar-refractivity contribution is -0.154. The number of aromatic nitrogens is 3. The smallest absolute Gasteiger partial charge is 0.422 e. The Morgan fingerprint density at radius 1 is 1.16 bits per heavy atom. The van der Waals surface area contributed by atoms with E-state index in [0.29, 0.717) is 11.3 Å². The second-order valence-corrected chi connectivity index (χ2v) is 6.77. The fraction of sp³-hybridized carbons (Fsp3) is 0.421. The molecule has 2 aromatic heterocycles. The predicted octanol–water partition coefficient (Wildman–Crippen LogP) is 2.65. The van der Waals surface area contributed by atoms with E-state index in [1.807, 2.05) is 0 Å². The van der Waals surface area contributed by atoms with E-state index in [1.165, 1.54) is 25.3 Å². The number of hydrogen-bond acceptors (Lipinski definition) is 7. The zero-order valence-electron chi connectivity index (χ0n) is 17.3. The van der Waals surface area contributed by atoms with Crippen molar-refractivity contribution in [2.75, 3.05) is 19.0 Å². The Morgan fingerprint density at radius 2 is 1.87 bits per heavy atom. The third kappa shape index (κ3) is 7.39. The van der Waals surface area contributed by atoms with Crippen molar-refractivity contribution in [2.45, 2.75) is 33.5 Å². The van der Waals surface area contributed by atoms with Crippen LogP contribution < -0.4 is 20.1 Å². The maximum Gasteiger partial charge on any atom is 0.422 e. The number of anilines is 1. The first kappa shape index (κ1) is 23.8. The number of carbonyl (C=O) groups excluding carboxylic acids is 2. The number of rotatable bonds is 8.